The Morgan fingerprint density at radius 1 is 1.17 bits per heavy atom. The standard InChI is InChI=1S/C9H12O3/c10-8-5-6-3-1-2-4-7(6)9(11)12-8/h6-7H,1-5H2/t6-,7-/m1/s1. The molecule has 1 aliphatic carbocycles. The van der Waals surface area contributed by atoms with Crippen molar-refractivity contribution in [2.45, 2.75) is 32.1 Å². The van der Waals surface area contributed by atoms with Gasteiger partial charge in [-0.15, -0.1) is 0 Å². The zero-order valence-electron chi connectivity index (χ0n) is 6.91. The van der Waals surface area contributed by atoms with Crippen molar-refractivity contribution in [3.05, 3.63) is 0 Å². The van der Waals surface area contributed by atoms with E-state index in [1.165, 1.54) is 0 Å². The summed E-state index contributed by atoms with van der Waals surface area (Å²) in [5.74, 6) is -0.303. The van der Waals surface area contributed by atoms with Crippen LogP contribution in [0.4, 0.5) is 0 Å². The number of ether oxygens (including phenoxy) is 1. The van der Waals surface area contributed by atoms with Gasteiger partial charge >= 0.3 is 11.9 Å². The second kappa shape index (κ2) is 2.88. The molecule has 2 aliphatic rings. The van der Waals surface area contributed by atoms with Crippen LogP contribution in [0.5, 0.6) is 0 Å². The third kappa shape index (κ3) is 1.24. The smallest absolute Gasteiger partial charge is 0.316 e. The number of carbonyl (C=O) groups is 2. The van der Waals surface area contributed by atoms with E-state index in [-0.39, 0.29) is 23.8 Å². The van der Waals surface area contributed by atoms with Gasteiger partial charge in [0.2, 0.25) is 0 Å². The first kappa shape index (κ1) is 7.77. The average Bonchev–Trinajstić information content (AvgIpc) is 2.04. The molecule has 0 aromatic carbocycles. The second-order valence-electron chi connectivity index (χ2n) is 3.65. The van der Waals surface area contributed by atoms with Crippen LogP contribution < -0.4 is 0 Å². The molecule has 0 aromatic heterocycles. The van der Waals surface area contributed by atoms with E-state index in [1.54, 1.807) is 0 Å². The quantitative estimate of drug-likeness (QED) is 0.404. The lowest BCUT2D eigenvalue weighted by Crippen LogP contribution is -2.37. The van der Waals surface area contributed by atoms with Gasteiger partial charge in [0.25, 0.3) is 0 Å². The van der Waals surface area contributed by atoms with E-state index in [0.717, 1.165) is 25.7 Å². The molecule has 0 bridgehead atoms. The fraction of sp³-hybridized carbons (Fsp3) is 0.778. The topological polar surface area (TPSA) is 43.4 Å². The van der Waals surface area contributed by atoms with Gasteiger partial charge in [0.15, 0.2) is 0 Å². The summed E-state index contributed by atoms with van der Waals surface area (Å²) in [4.78, 5) is 22.1. The van der Waals surface area contributed by atoms with Gasteiger partial charge in [0.05, 0.1) is 5.92 Å². The molecule has 0 N–H and O–H groups in total. The van der Waals surface area contributed by atoms with Crippen LogP contribution in [0.2, 0.25) is 0 Å². The number of carbonyl (C=O) groups excluding carboxylic acids is 2. The zero-order valence-corrected chi connectivity index (χ0v) is 6.91. The Kier molecular flexibility index (Phi) is 1.87. The SMILES string of the molecule is O=C1C[C@H]2CCCC[C@H]2C(=O)O1. The Morgan fingerprint density at radius 3 is 2.75 bits per heavy atom. The van der Waals surface area contributed by atoms with Crippen LogP contribution in [-0.2, 0) is 14.3 Å². The van der Waals surface area contributed by atoms with Crippen LogP contribution in [-0.4, -0.2) is 11.9 Å². The van der Waals surface area contributed by atoms with Crippen molar-refractivity contribution < 1.29 is 14.3 Å². The molecule has 0 spiro atoms. The highest BCUT2D eigenvalue weighted by atomic mass is 16.6. The molecule has 0 unspecified atom stereocenters. The van der Waals surface area contributed by atoms with E-state index < -0.39 is 0 Å². The minimum Gasteiger partial charge on any atom is -0.393 e. The third-order valence-electron chi connectivity index (χ3n) is 2.86. The third-order valence-corrected chi connectivity index (χ3v) is 2.86. The first-order valence-electron chi connectivity index (χ1n) is 4.52. The summed E-state index contributed by atoms with van der Waals surface area (Å²) >= 11 is 0. The lowest BCUT2D eigenvalue weighted by molar-refractivity contribution is -0.172. The molecule has 3 nitrogen and oxygen atoms in total. The van der Waals surface area contributed by atoms with Crippen molar-refractivity contribution in [1.82, 2.24) is 0 Å². The molecule has 2 fully saturated rings. The van der Waals surface area contributed by atoms with E-state index in [2.05, 4.69) is 4.74 Å². The Hall–Kier alpha value is -0.860. The van der Waals surface area contributed by atoms with Crippen LogP contribution in [0.3, 0.4) is 0 Å². The first-order valence-corrected chi connectivity index (χ1v) is 4.52. The van der Waals surface area contributed by atoms with E-state index in [4.69, 9.17) is 0 Å². The van der Waals surface area contributed by atoms with Gasteiger partial charge in [-0.3, -0.25) is 9.59 Å². The predicted octanol–water partition coefficient (Wildman–Crippen LogP) is 1.27. The summed E-state index contributed by atoms with van der Waals surface area (Å²) in [6, 6.07) is 0. The summed E-state index contributed by atoms with van der Waals surface area (Å²) in [7, 11) is 0. The van der Waals surface area contributed by atoms with Gasteiger partial charge in [-0.2, -0.15) is 0 Å². The molecule has 66 valence electrons. The summed E-state index contributed by atoms with van der Waals surface area (Å²) in [5.41, 5.74) is 0. The lowest BCUT2D eigenvalue weighted by atomic mass is 9.76. The van der Waals surface area contributed by atoms with Gasteiger partial charge < -0.3 is 4.74 Å². The summed E-state index contributed by atoms with van der Waals surface area (Å²) in [6.07, 6.45) is 4.64. The van der Waals surface area contributed by atoms with Crippen LogP contribution in [0.1, 0.15) is 32.1 Å². The van der Waals surface area contributed by atoms with Crippen molar-refractivity contribution in [2.75, 3.05) is 0 Å². The van der Waals surface area contributed by atoms with E-state index in [9.17, 15) is 9.59 Å². The van der Waals surface area contributed by atoms with Gasteiger partial charge in [-0.25, -0.2) is 0 Å². The molecule has 2 rings (SSSR count). The van der Waals surface area contributed by atoms with Crippen molar-refractivity contribution >= 4 is 11.9 Å². The Balaban J connectivity index is 2.11. The molecular formula is C9H12O3. The Bertz CT molecular complexity index is 222. The van der Waals surface area contributed by atoms with E-state index in [1.807, 2.05) is 0 Å². The molecule has 0 radical (unpaired) electrons. The highest BCUT2D eigenvalue weighted by Gasteiger charge is 2.38. The predicted molar refractivity (Wildman–Crippen MR) is 41.2 cm³/mol. The molecule has 1 heterocycles. The van der Waals surface area contributed by atoms with Crippen LogP contribution >= 0.6 is 0 Å². The molecule has 2 atom stereocenters. The minimum absolute atomic E-state index is 0.0245. The second-order valence-corrected chi connectivity index (χ2v) is 3.65. The maximum absolute atomic E-state index is 11.2. The largest absolute Gasteiger partial charge is 0.393 e. The van der Waals surface area contributed by atoms with Gasteiger partial charge in [-0.1, -0.05) is 12.8 Å². The van der Waals surface area contributed by atoms with Crippen molar-refractivity contribution in [3.8, 4) is 0 Å². The Morgan fingerprint density at radius 2 is 1.92 bits per heavy atom. The number of rotatable bonds is 0. The van der Waals surface area contributed by atoms with Crippen LogP contribution in [0.15, 0.2) is 0 Å². The molecule has 3 heteroatoms. The highest BCUT2D eigenvalue weighted by Crippen LogP contribution is 2.36. The zero-order chi connectivity index (χ0) is 8.55. The molecule has 1 aliphatic heterocycles. The number of cyclic esters (lactones) is 2. The molecule has 1 saturated carbocycles. The molecule has 0 amide bonds. The van der Waals surface area contributed by atoms with Gasteiger partial charge in [0.1, 0.15) is 0 Å². The van der Waals surface area contributed by atoms with Gasteiger partial charge in [0, 0.05) is 6.42 Å². The van der Waals surface area contributed by atoms with Gasteiger partial charge in [-0.05, 0) is 18.8 Å². The van der Waals surface area contributed by atoms with Crippen molar-refractivity contribution in [2.24, 2.45) is 11.8 Å². The normalized spacial score (nSPS) is 35.7. The van der Waals surface area contributed by atoms with Crippen LogP contribution in [0.25, 0.3) is 0 Å². The summed E-state index contributed by atoms with van der Waals surface area (Å²) in [5, 5.41) is 0. The number of hydrogen-bond acceptors (Lipinski definition) is 3. The number of hydrogen-bond donors (Lipinski definition) is 0. The minimum atomic E-state index is -0.330. The molecule has 12 heavy (non-hydrogen) atoms. The lowest BCUT2D eigenvalue weighted by Gasteiger charge is -2.32. The number of fused-ring (bicyclic) bond motifs is 1. The highest BCUT2D eigenvalue weighted by molar-refractivity contribution is 5.90. The van der Waals surface area contributed by atoms with Crippen molar-refractivity contribution in [3.63, 3.8) is 0 Å². The molecule has 0 aromatic rings. The average molecular weight is 168 g/mol. The number of esters is 2. The summed E-state index contributed by atoms with van der Waals surface area (Å²) < 4.78 is 4.58. The van der Waals surface area contributed by atoms with Crippen molar-refractivity contribution in [1.29, 1.82) is 0 Å². The van der Waals surface area contributed by atoms with E-state index in [0.29, 0.717) is 6.42 Å². The fourth-order valence-electron chi connectivity index (χ4n) is 2.21. The maximum atomic E-state index is 11.2. The molecule has 1 saturated heterocycles. The monoisotopic (exact) mass is 168 g/mol. The van der Waals surface area contributed by atoms with Crippen LogP contribution in [0, 0.1) is 11.8 Å². The fourth-order valence-corrected chi connectivity index (χ4v) is 2.21. The molecular weight excluding hydrogens is 156 g/mol. The first-order chi connectivity index (χ1) is 5.77. The Labute approximate surface area is 71.1 Å². The van der Waals surface area contributed by atoms with E-state index >= 15 is 0 Å². The maximum Gasteiger partial charge on any atom is 0.316 e. The summed E-state index contributed by atoms with van der Waals surface area (Å²) in [6.45, 7) is 0.